The molecule has 0 aromatic heterocycles. The zero-order valence-corrected chi connectivity index (χ0v) is 10.7. The van der Waals surface area contributed by atoms with E-state index in [0.29, 0.717) is 24.8 Å². The summed E-state index contributed by atoms with van der Waals surface area (Å²) in [6, 6.07) is 0.0503. The molecule has 4 unspecified atom stereocenters. The Morgan fingerprint density at radius 1 is 1.17 bits per heavy atom. The van der Waals surface area contributed by atoms with Crippen molar-refractivity contribution < 1.29 is 9.59 Å². The zero-order chi connectivity index (χ0) is 13.1. The molecule has 2 aliphatic carbocycles. The summed E-state index contributed by atoms with van der Waals surface area (Å²) >= 11 is 0. The number of hydrogen-bond acceptors (Lipinski definition) is 3. The number of rotatable bonds is 6. The molecule has 0 heterocycles. The van der Waals surface area contributed by atoms with Crippen LogP contribution < -0.4 is 16.8 Å². The SMILES string of the molecule is NC(=O)CCCCNC(=O)C1C2CCC(C2)C1N. The number of unbranched alkanes of at least 4 members (excludes halogenated alkanes) is 1. The number of amides is 2. The van der Waals surface area contributed by atoms with Crippen LogP contribution in [-0.2, 0) is 9.59 Å². The molecule has 5 nitrogen and oxygen atoms in total. The summed E-state index contributed by atoms with van der Waals surface area (Å²) in [7, 11) is 0. The first kappa shape index (κ1) is 13.3. The highest BCUT2D eigenvalue weighted by molar-refractivity contribution is 5.80. The Bertz CT molecular complexity index is 330. The van der Waals surface area contributed by atoms with Crippen LogP contribution in [0.3, 0.4) is 0 Å². The number of hydrogen-bond donors (Lipinski definition) is 3. The van der Waals surface area contributed by atoms with Crippen LogP contribution in [0.15, 0.2) is 0 Å². The van der Waals surface area contributed by atoms with E-state index in [1.54, 1.807) is 0 Å². The maximum absolute atomic E-state index is 12.1. The van der Waals surface area contributed by atoms with Crippen molar-refractivity contribution in [1.82, 2.24) is 5.32 Å². The van der Waals surface area contributed by atoms with Crippen LogP contribution in [-0.4, -0.2) is 24.4 Å². The highest BCUT2D eigenvalue weighted by atomic mass is 16.2. The van der Waals surface area contributed by atoms with Crippen LogP contribution in [0, 0.1) is 17.8 Å². The highest BCUT2D eigenvalue weighted by Gasteiger charge is 2.48. The standard InChI is InChI=1S/C13H23N3O2/c14-10(17)3-1-2-6-16-13(18)11-8-4-5-9(7-8)12(11)15/h8-9,11-12H,1-7,15H2,(H2,14,17)(H,16,18). The molecule has 5 heteroatoms. The monoisotopic (exact) mass is 253 g/mol. The summed E-state index contributed by atoms with van der Waals surface area (Å²) in [4.78, 5) is 22.6. The molecule has 0 saturated heterocycles. The predicted octanol–water partition coefficient (Wildman–Crippen LogP) is 0.132. The van der Waals surface area contributed by atoms with Crippen molar-refractivity contribution in [2.75, 3.05) is 6.54 Å². The van der Waals surface area contributed by atoms with Crippen LogP contribution in [0.5, 0.6) is 0 Å². The quantitative estimate of drug-likeness (QED) is 0.587. The molecular formula is C13H23N3O2. The number of carbonyl (C=O) groups excluding carboxylic acids is 2. The minimum atomic E-state index is -0.281. The molecular weight excluding hydrogens is 230 g/mol. The third kappa shape index (κ3) is 2.83. The number of nitrogens with one attached hydrogen (secondary N) is 1. The van der Waals surface area contributed by atoms with E-state index in [1.165, 1.54) is 6.42 Å². The summed E-state index contributed by atoms with van der Waals surface area (Å²) < 4.78 is 0. The third-order valence-corrected chi connectivity index (χ3v) is 4.43. The highest BCUT2D eigenvalue weighted by Crippen LogP contribution is 2.47. The molecule has 5 N–H and O–H groups in total. The lowest BCUT2D eigenvalue weighted by molar-refractivity contribution is -0.127. The van der Waals surface area contributed by atoms with Gasteiger partial charge in [-0.25, -0.2) is 0 Å². The Kier molecular flexibility index (Phi) is 4.22. The lowest BCUT2D eigenvalue weighted by atomic mass is 9.84. The third-order valence-electron chi connectivity index (χ3n) is 4.43. The van der Waals surface area contributed by atoms with Crippen LogP contribution in [0.4, 0.5) is 0 Å². The Hall–Kier alpha value is -1.10. The van der Waals surface area contributed by atoms with Crippen molar-refractivity contribution in [2.45, 2.75) is 44.6 Å². The molecule has 0 aromatic carbocycles. The minimum Gasteiger partial charge on any atom is -0.370 e. The van der Waals surface area contributed by atoms with Crippen molar-refractivity contribution in [3.63, 3.8) is 0 Å². The van der Waals surface area contributed by atoms with Gasteiger partial charge in [0.05, 0.1) is 5.92 Å². The average Bonchev–Trinajstić information content (AvgIpc) is 2.88. The molecule has 18 heavy (non-hydrogen) atoms. The topological polar surface area (TPSA) is 98.2 Å². The molecule has 0 radical (unpaired) electrons. The molecule has 2 fully saturated rings. The molecule has 102 valence electrons. The van der Waals surface area contributed by atoms with Crippen molar-refractivity contribution in [1.29, 1.82) is 0 Å². The molecule has 0 aromatic rings. The Morgan fingerprint density at radius 3 is 2.50 bits per heavy atom. The molecule has 2 bridgehead atoms. The first-order valence-electron chi connectivity index (χ1n) is 6.91. The molecule has 2 saturated carbocycles. The van der Waals surface area contributed by atoms with E-state index in [4.69, 9.17) is 11.5 Å². The van der Waals surface area contributed by atoms with Crippen molar-refractivity contribution in [3.8, 4) is 0 Å². The van der Waals surface area contributed by atoms with E-state index in [0.717, 1.165) is 25.7 Å². The molecule has 4 atom stereocenters. The van der Waals surface area contributed by atoms with Gasteiger partial charge in [-0.05, 0) is 43.9 Å². The second-order valence-corrected chi connectivity index (χ2v) is 5.65. The van der Waals surface area contributed by atoms with Crippen molar-refractivity contribution in [2.24, 2.45) is 29.2 Å². The predicted molar refractivity (Wildman–Crippen MR) is 68.4 cm³/mol. The first-order valence-corrected chi connectivity index (χ1v) is 6.91. The lowest BCUT2D eigenvalue weighted by Crippen LogP contribution is -2.45. The van der Waals surface area contributed by atoms with Crippen LogP contribution in [0.1, 0.15) is 38.5 Å². The number of primary amides is 1. The molecule has 2 rings (SSSR count). The number of carbonyl (C=O) groups is 2. The largest absolute Gasteiger partial charge is 0.370 e. The van der Waals surface area contributed by atoms with Gasteiger partial charge in [-0.15, -0.1) is 0 Å². The average molecular weight is 253 g/mol. The number of nitrogens with two attached hydrogens (primary N) is 2. The van der Waals surface area contributed by atoms with Gasteiger partial charge in [-0.1, -0.05) is 0 Å². The van der Waals surface area contributed by atoms with Gasteiger partial charge >= 0.3 is 0 Å². The fourth-order valence-electron chi connectivity index (χ4n) is 3.48. The van der Waals surface area contributed by atoms with E-state index in [2.05, 4.69) is 5.32 Å². The van der Waals surface area contributed by atoms with Crippen molar-refractivity contribution in [3.05, 3.63) is 0 Å². The van der Waals surface area contributed by atoms with Crippen LogP contribution in [0.25, 0.3) is 0 Å². The van der Waals surface area contributed by atoms with Gasteiger partial charge in [-0.3, -0.25) is 9.59 Å². The Morgan fingerprint density at radius 2 is 1.89 bits per heavy atom. The molecule has 2 aliphatic rings. The zero-order valence-electron chi connectivity index (χ0n) is 10.7. The van der Waals surface area contributed by atoms with E-state index < -0.39 is 0 Å². The van der Waals surface area contributed by atoms with Crippen LogP contribution >= 0.6 is 0 Å². The molecule has 2 amide bonds. The maximum atomic E-state index is 12.1. The van der Waals surface area contributed by atoms with Gasteiger partial charge in [0.2, 0.25) is 11.8 Å². The molecule has 0 aliphatic heterocycles. The second-order valence-electron chi connectivity index (χ2n) is 5.65. The van der Waals surface area contributed by atoms with Gasteiger partial charge in [-0.2, -0.15) is 0 Å². The second kappa shape index (κ2) is 5.69. The van der Waals surface area contributed by atoms with E-state index in [9.17, 15) is 9.59 Å². The summed E-state index contributed by atoms with van der Waals surface area (Å²) in [5.74, 6) is 0.890. The van der Waals surface area contributed by atoms with Gasteiger partial charge in [0.15, 0.2) is 0 Å². The summed E-state index contributed by atoms with van der Waals surface area (Å²) in [5, 5.41) is 2.94. The van der Waals surface area contributed by atoms with Gasteiger partial charge < -0.3 is 16.8 Å². The fourth-order valence-corrected chi connectivity index (χ4v) is 3.48. The molecule has 0 spiro atoms. The van der Waals surface area contributed by atoms with Crippen LogP contribution in [0.2, 0.25) is 0 Å². The summed E-state index contributed by atoms with van der Waals surface area (Å²) in [5.41, 5.74) is 11.2. The van der Waals surface area contributed by atoms with Crippen molar-refractivity contribution >= 4 is 11.8 Å². The normalized spacial score (nSPS) is 33.6. The maximum Gasteiger partial charge on any atom is 0.224 e. The number of fused-ring (bicyclic) bond motifs is 2. The van der Waals surface area contributed by atoms with E-state index >= 15 is 0 Å². The van der Waals surface area contributed by atoms with Gasteiger partial charge in [0, 0.05) is 19.0 Å². The first-order chi connectivity index (χ1) is 8.59. The smallest absolute Gasteiger partial charge is 0.224 e. The summed E-state index contributed by atoms with van der Waals surface area (Å²) in [6.07, 6.45) is 5.39. The Labute approximate surface area is 108 Å². The lowest BCUT2D eigenvalue weighted by Gasteiger charge is -2.27. The van der Waals surface area contributed by atoms with E-state index in [-0.39, 0.29) is 23.8 Å². The fraction of sp³-hybridized carbons (Fsp3) is 0.846. The van der Waals surface area contributed by atoms with E-state index in [1.807, 2.05) is 0 Å². The van der Waals surface area contributed by atoms with Gasteiger partial charge in [0.25, 0.3) is 0 Å². The minimum absolute atomic E-state index is 0.0138. The van der Waals surface area contributed by atoms with Gasteiger partial charge in [0.1, 0.15) is 0 Å². The Balaban J connectivity index is 1.67. The summed E-state index contributed by atoms with van der Waals surface area (Å²) in [6.45, 7) is 0.618.